The van der Waals surface area contributed by atoms with Crippen LogP contribution in [0.5, 0.6) is 0 Å². The number of aliphatic hydroxyl groups excluding tert-OH is 3. The normalized spacial score (nSPS) is 20.2. The van der Waals surface area contributed by atoms with Gasteiger partial charge in [0.2, 0.25) is 0 Å². The summed E-state index contributed by atoms with van der Waals surface area (Å²) >= 11 is 0. The highest BCUT2D eigenvalue weighted by Gasteiger charge is 2.17. The molecule has 0 aromatic carbocycles. The topological polar surface area (TPSA) is 88.4 Å². The minimum absolute atomic E-state index is 0.148. The van der Waals surface area contributed by atoms with Gasteiger partial charge < -0.3 is 29.5 Å². The molecule has 0 radical (unpaired) electrons. The van der Waals surface area contributed by atoms with Crippen LogP contribution >= 0.6 is 0 Å². The second-order valence-corrected chi connectivity index (χ2v) is 4.60. The van der Waals surface area contributed by atoms with Crippen LogP contribution in [-0.2, 0) is 14.2 Å². The molecule has 0 rings (SSSR count). The van der Waals surface area contributed by atoms with Crippen molar-refractivity contribution >= 4 is 0 Å². The van der Waals surface area contributed by atoms with Gasteiger partial charge >= 0.3 is 0 Å². The fraction of sp³-hybridized carbons (Fsp3) is 1.00. The Balaban J connectivity index is 3.70. The highest BCUT2D eigenvalue weighted by Crippen LogP contribution is 2.04. The molecule has 0 saturated carbocycles. The molecular weight excluding hydrogens is 240 g/mol. The van der Waals surface area contributed by atoms with E-state index >= 15 is 0 Å². The van der Waals surface area contributed by atoms with Crippen molar-refractivity contribution < 1.29 is 29.5 Å². The number of aliphatic hydroxyl groups is 3. The molecule has 0 amide bonds. The van der Waals surface area contributed by atoms with Gasteiger partial charge in [0.05, 0.1) is 38.1 Å². The maximum Gasteiger partial charge on any atom is 0.180 e. The van der Waals surface area contributed by atoms with Gasteiger partial charge in [0.25, 0.3) is 0 Å². The van der Waals surface area contributed by atoms with Crippen LogP contribution in [0.4, 0.5) is 0 Å². The maximum absolute atomic E-state index is 9.62. The number of hydrogen-bond donors (Lipinski definition) is 3. The van der Waals surface area contributed by atoms with Gasteiger partial charge in [-0.05, 0) is 27.7 Å². The van der Waals surface area contributed by atoms with Gasteiger partial charge in [-0.3, -0.25) is 0 Å². The summed E-state index contributed by atoms with van der Waals surface area (Å²) in [7, 11) is 0. The predicted molar refractivity (Wildman–Crippen MR) is 66.1 cm³/mol. The first kappa shape index (κ1) is 17.8. The SMILES string of the molecule is CC(O)COC(C)COC(O)C(C)OCC(C)O. The second kappa shape index (κ2) is 9.66. The van der Waals surface area contributed by atoms with Crippen molar-refractivity contribution in [1.29, 1.82) is 0 Å². The second-order valence-electron chi connectivity index (χ2n) is 4.60. The van der Waals surface area contributed by atoms with Crippen molar-refractivity contribution in [2.24, 2.45) is 0 Å². The summed E-state index contributed by atoms with van der Waals surface area (Å²) in [6.07, 6.45) is -2.92. The zero-order valence-electron chi connectivity index (χ0n) is 11.6. The molecule has 3 N–H and O–H groups in total. The summed E-state index contributed by atoms with van der Waals surface area (Å²) in [5, 5.41) is 27.7. The number of ether oxygens (including phenoxy) is 3. The zero-order valence-corrected chi connectivity index (χ0v) is 11.6. The zero-order chi connectivity index (χ0) is 14.1. The number of hydrogen-bond acceptors (Lipinski definition) is 6. The van der Waals surface area contributed by atoms with Crippen molar-refractivity contribution in [1.82, 2.24) is 0 Å². The van der Waals surface area contributed by atoms with Crippen LogP contribution < -0.4 is 0 Å². The summed E-state index contributed by atoms with van der Waals surface area (Å²) in [5.74, 6) is 0. The molecule has 18 heavy (non-hydrogen) atoms. The smallest absolute Gasteiger partial charge is 0.180 e. The first-order chi connectivity index (χ1) is 8.32. The molecular formula is C12H26O6. The highest BCUT2D eigenvalue weighted by molar-refractivity contribution is 4.57. The van der Waals surface area contributed by atoms with E-state index in [0.29, 0.717) is 0 Å². The molecule has 5 atom stereocenters. The standard InChI is InChI=1S/C12H26O6/c1-8(13)5-16-10(3)7-18-12(15)11(4)17-6-9(2)14/h8-15H,5-7H2,1-4H3. The van der Waals surface area contributed by atoms with E-state index in [9.17, 15) is 5.11 Å². The summed E-state index contributed by atoms with van der Waals surface area (Å²) in [6.45, 7) is 7.27. The van der Waals surface area contributed by atoms with E-state index in [1.165, 1.54) is 0 Å². The first-order valence-electron chi connectivity index (χ1n) is 6.22. The van der Waals surface area contributed by atoms with Gasteiger partial charge in [-0.1, -0.05) is 0 Å². The van der Waals surface area contributed by atoms with Gasteiger partial charge in [0.1, 0.15) is 6.10 Å². The quantitative estimate of drug-likeness (QED) is 0.478. The van der Waals surface area contributed by atoms with E-state index in [-0.39, 0.29) is 25.9 Å². The van der Waals surface area contributed by atoms with Crippen molar-refractivity contribution in [2.45, 2.75) is 58.4 Å². The van der Waals surface area contributed by atoms with Crippen LogP contribution in [0.2, 0.25) is 0 Å². The fourth-order valence-electron chi connectivity index (χ4n) is 1.09. The molecule has 0 aromatic rings. The molecule has 0 saturated heterocycles. The Morgan fingerprint density at radius 2 is 1.22 bits per heavy atom. The van der Waals surface area contributed by atoms with E-state index in [2.05, 4.69) is 0 Å². The van der Waals surface area contributed by atoms with Gasteiger partial charge in [-0.2, -0.15) is 0 Å². The fourth-order valence-corrected chi connectivity index (χ4v) is 1.09. The average molecular weight is 266 g/mol. The third-order valence-corrected chi connectivity index (χ3v) is 2.13. The monoisotopic (exact) mass is 266 g/mol. The van der Waals surface area contributed by atoms with Gasteiger partial charge in [0.15, 0.2) is 6.29 Å². The van der Waals surface area contributed by atoms with Crippen molar-refractivity contribution in [3.05, 3.63) is 0 Å². The van der Waals surface area contributed by atoms with E-state index in [1.54, 1.807) is 27.7 Å². The van der Waals surface area contributed by atoms with Crippen LogP contribution in [0.1, 0.15) is 27.7 Å². The molecule has 0 aliphatic rings. The molecule has 6 nitrogen and oxygen atoms in total. The van der Waals surface area contributed by atoms with Gasteiger partial charge in [-0.15, -0.1) is 0 Å². The van der Waals surface area contributed by atoms with Crippen molar-refractivity contribution in [3.8, 4) is 0 Å². The molecule has 0 aromatic heterocycles. The maximum atomic E-state index is 9.62. The molecule has 5 unspecified atom stereocenters. The number of rotatable bonds is 10. The van der Waals surface area contributed by atoms with Crippen molar-refractivity contribution in [3.63, 3.8) is 0 Å². The minimum Gasteiger partial charge on any atom is -0.391 e. The highest BCUT2D eigenvalue weighted by atomic mass is 16.6. The van der Waals surface area contributed by atoms with Crippen molar-refractivity contribution in [2.75, 3.05) is 19.8 Å². The Hall–Kier alpha value is -0.240. The molecule has 0 bridgehead atoms. The molecule has 0 aliphatic heterocycles. The van der Waals surface area contributed by atoms with Gasteiger partial charge in [-0.25, -0.2) is 0 Å². The lowest BCUT2D eigenvalue weighted by atomic mass is 10.3. The molecule has 6 heteroatoms. The molecule has 110 valence electrons. The van der Waals surface area contributed by atoms with Crippen LogP contribution in [-0.4, -0.2) is 65.8 Å². The summed E-state index contributed by atoms with van der Waals surface area (Å²) in [6, 6.07) is 0. The van der Waals surface area contributed by atoms with E-state index in [1.807, 2.05) is 0 Å². The Morgan fingerprint density at radius 3 is 1.72 bits per heavy atom. The van der Waals surface area contributed by atoms with E-state index < -0.39 is 24.6 Å². The minimum atomic E-state index is -1.07. The first-order valence-corrected chi connectivity index (χ1v) is 6.22. The molecule has 0 fully saturated rings. The average Bonchev–Trinajstić information content (AvgIpc) is 2.30. The molecule has 0 aliphatic carbocycles. The Kier molecular flexibility index (Phi) is 9.53. The summed E-state index contributed by atoms with van der Waals surface area (Å²) < 4.78 is 15.6. The van der Waals surface area contributed by atoms with E-state index in [0.717, 1.165) is 0 Å². The summed E-state index contributed by atoms with van der Waals surface area (Å²) in [4.78, 5) is 0. The van der Waals surface area contributed by atoms with Crippen LogP contribution in [0.25, 0.3) is 0 Å². The Labute approximate surface area is 108 Å². The third-order valence-electron chi connectivity index (χ3n) is 2.13. The molecule has 0 spiro atoms. The van der Waals surface area contributed by atoms with Crippen LogP contribution in [0.15, 0.2) is 0 Å². The lowest BCUT2D eigenvalue weighted by Crippen LogP contribution is -2.33. The third kappa shape index (κ3) is 9.76. The Bertz CT molecular complexity index is 197. The molecule has 0 heterocycles. The van der Waals surface area contributed by atoms with Crippen LogP contribution in [0, 0.1) is 0 Å². The van der Waals surface area contributed by atoms with Crippen LogP contribution in [0.3, 0.4) is 0 Å². The Morgan fingerprint density at radius 1 is 0.722 bits per heavy atom. The summed E-state index contributed by atoms with van der Waals surface area (Å²) in [5.41, 5.74) is 0. The lowest BCUT2D eigenvalue weighted by molar-refractivity contribution is -0.192. The predicted octanol–water partition coefficient (Wildman–Crippen LogP) is -0.107. The lowest BCUT2D eigenvalue weighted by Gasteiger charge is -2.22. The van der Waals surface area contributed by atoms with Gasteiger partial charge in [0, 0.05) is 0 Å². The largest absolute Gasteiger partial charge is 0.391 e. The van der Waals surface area contributed by atoms with E-state index in [4.69, 9.17) is 24.4 Å².